The molecule has 0 unspecified atom stereocenters. The fraction of sp³-hybridized carbons (Fsp3) is 0.348. The molecule has 1 fully saturated rings. The van der Waals surface area contributed by atoms with Gasteiger partial charge in [0.2, 0.25) is 9.84 Å². The molecule has 2 N–H and O–H groups in total. The van der Waals surface area contributed by atoms with Crippen LogP contribution in [-0.4, -0.2) is 44.0 Å². The van der Waals surface area contributed by atoms with Crippen LogP contribution in [0, 0.1) is 13.8 Å². The second-order valence-electron chi connectivity index (χ2n) is 8.19. The van der Waals surface area contributed by atoms with Gasteiger partial charge in [0.15, 0.2) is 0 Å². The molecule has 0 bridgehead atoms. The first-order valence-corrected chi connectivity index (χ1v) is 12.7. The van der Waals surface area contributed by atoms with Gasteiger partial charge in [-0.15, -0.1) is 0 Å². The molecule has 31 heavy (non-hydrogen) atoms. The van der Waals surface area contributed by atoms with Crippen molar-refractivity contribution in [3.05, 3.63) is 57.7 Å². The lowest BCUT2D eigenvalue weighted by molar-refractivity contribution is 0.0907. The molecule has 4 rings (SSSR count). The van der Waals surface area contributed by atoms with Crippen LogP contribution < -0.4 is 5.32 Å². The number of hydrogen-bond donors (Lipinski definition) is 2. The lowest BCUT2D eigenvalue weighted by atomic mass is 10.1. The third kappa shape index (κ3) is 4.56. The molecule has 164 valence electrons. The maximum absolute atomic E-state index is 13.7. The highest BCUT2D eigenvalue weighted by molar-refractivity contribution is 9.10. The Bertz CT molecular complexity index is 1220. The lowest BCUT2D eigenvalue weighted by Gasteiger charge is -2.26. The van der Waals surface area contributed by atoms with Crippen LogP contribution in [0.25, 0.3) is 10.9 Å². The smallest absolute Gasteiger partial charge is 0.270 e. The minimum Gasteiger partial charge on any atom is -0.349 e. The van der Waals surface area contributed by atoms with Crippen molar-refractivity contribution in [2.75, 3.05) is 19.8 Å². The number of aryl methyl sites for hydroxylation is 2. The van der Waals surface area contributed by atoms with E-state index in [4.69, 9.17) is 0 Å². The molecule has 6 nitrogen and oxygen atoms in total. The van der Waals surface area contributed by atoms with Gasteiger partial charge in [0, 0.05) is 15.4 Å². The maximum atomic E-state index is 13.7. The Balaban J connectivity index is 1.79. The second kappa shape index (κ2) is 8.76. The first-order valence-electron chi connectivity index (χ1n) is 10.4. The summed E-state index contributed by atoms with van der Waals surface area (Å²) in [6.07, 6.45) is 3.44. The number of carbonyl (C=O) groups excluding carboxylic acids is 1. The number of aromatic amines is 1. The van der Waals surface area contributed by atoms with E-state index in [1.165, 1.54) is 6.42 Å². The third-order valence-electron chi connectivity index (χ3n) is 5.63. The standard InChI is InChI=1S/C23H26BrN3O3S/c1-15-10-16(2)12-18(11-15)31(29,30)22-19-13-17(24)6-7-20(19)26-21(22)23(28)25-14-27-8-4-3-5-9-27/h6-7,10-13,26H,3-5,8-9,14H2,1-2H3,(H,25,28). The summed E-state index contributed by atoms with van der Waals surface area (Å²) in [5.74, 6) is -0.416. The van der Waals surface area contributed by atoms with Gasteiger partial charge in [-0.3, -0.25) is 9.69 Å². The Morgan fingerprint density at radius 1 is 1.06 bits per heavy atom. The highest BCUT2D eigenvalue weighted by Gasteiger charge is 2.30. The van der Waals surface area contributed by atoms with Crippen molar-refractivity contribution in [3.8, 4) is 0 Å². The molecule has 1 aromatic heterocycles. The van der Waals surface area contributed by atoms with Crippen LogP contribution in [0.2, 0.25) is 0 Å². The zero-order valence-electron chi connectivity index (χ0n) is 17.7. The molecule has 1 amide bonds. The van der Waals surface area contributed by atoms with Crippen LogP contribution in [0.3, 0.4) is 0 Å². The van der Waals surface area contributed by atoms with Gasteiger partial charge in [-0.25, -0.2) is 8.42 Å². The number of nitrogens with one attached hydrogen (secondary N) is 2. The molecule has 0 spiro atoms. The van der Waals surface area contributed by atoms with E-state index < -0.39 is 15.7 Å². The third-order valence-corrected chi connectivity index (χ3v) is 7.94. The number of carbonyl (C=O) groups is 1. The first-order chi connectivity index (χ1) is 14.8. The number of hydrogen-bond acceptors (Lipinski definition) is 4. The van der Waals surface area contributed by atoms with Gasteiger partial charge in [0.05, 0.1) is 11.6 Å². The van der Waals surface area contributed by atoms with E-state index >= 15 is 0 Å². The number of fused-ring (bicyclic) bond motifs is 1. The molecule has 0 atom stereocenters. The topological polar surface area (TPSA) is 82.3 Å². The predicted octanol–water partition coefficient (Wildman–Crippen LogP) is 4.55. The summed E-state index contributed by atoms with van der Waals surface area (Å²) in [6.45, 7) is 6.01. The van der Waals surface area contributed by atoms with Gasteiger partial charge in [0.1, 0.15) is 10.6 Å². The fourth-order valence-electron chi connectivity index (χ4n) is 4.17. The van der Waals surface area contributed by atoms with Crippen LogP contribution in [0.5, 0.6) is 0 Å². The minimum absolute atomic E-state index is 0.0185. The average Bonchev–Trinajstić information content (AvgIpc) is 3.11. The number of nitrogens with zero attached hydrogens (tertiary/aromatic N) is 1. The number of amides is 1. The molecule has 2 aromatic carbocycles. The molecular weight excluding hydrogens is 478 g/mol. The van der Waals surface area contributed by atoms with E-state index in [1.807, 2.05) is 26.0 Å². The van der Waals surface area contributed by atoms with Crippen molar-refractivity contribution < 1.29 is 13.2 Å². The van der Waals surface area contributed by atoms with Gasteiger partial charge < -0.3 is 10.3 Å². The Morgan fingerprint density at radius 3 is 2.42 bits per heavy atom. The molecule has 0 aliphatic carbocycles. The SMILES string of the molecule is Cc1cc(C)cc(S(=O)(=O)c2c(C(=O)NCN3CCCCC3)[nH]c3ccc(Br)cc23)c1. The zero-order chi connectivity index (χ0) is 22.2. The molecule has 2 heterocycles. The quantitative estimate of drug-likeness (QED) is 0.534. The Hall–Kier alpha value is -2.16. The molecule has 0 radical (unpaired) electrons. The normalized spacial score (nSPS) is 15.3. The summed E-state index contributed by atoms with van der Waals surface area (Å²) in [4.78, 5) is 18.6. The zero-order valence-corrected chi connectivity index (χ0v) is 20.1. The van der Waals surface area contributed by atoms with Crippen molar-refractivity contribution in [2.45, 2.75) is 42.9 Å². The maximum Gasteiger partial charge on any atom is 0.270 e. The van der Waals surface area contributed by atoms with Crippen LogP contribution in [0.15, 0.2) is 50.7 Å². The highest BCUT2D eigenvalue weighted by atomic mass is 79.9. The number of H-pyrrole nitrogens is 1. The van der Waals surface area contributed by atoms with Crippen LogP contribution in [0.1, 0.15) is 40.9 Å². The Morgan fingerprint density at radius 2 is 1.74 bits per heavy atom. The summed E-state index contributed by atoms with van der Waals surface area (Å²) in [7, 11) is -3.93. The number of halogens is 1. The predicted molar refractivity (Wildman–Crippen MR) is 125 cm³/mol. The van der Waals surface area contributed by atoms with Crippen molar-refractivity contribution >= 4 is 42.6 Å². The number of rotatable bonds is 5. The van der Waals surface area contributed by atoms with E-state index in [9.17, 15) is 13.2 Å². The van der Waals surface area contributed by atoms with Crippen molar-refractivity contribution in [1.82, 2.24) is 15.2 Å². The molecule has 1 aliphatic rings. The van der Waals surface area contributed by atoms with Gasteiger partial charge in [0.25, 0.3) is 5.91 Å². The van der Waals surface area contributed by atoms with E-state index in [0.29, 0.717) is 17.6 Å². The first kappa shape index (κ1) is 22.0. The minimum atomic E-state index is -3.93. The van der Waals surface area contributed by atoms with Crippen LogP contribution in [-0.2, 0) is 9.84 Å². The van der Waals surface area contributed by atoms with E-state index in [0.717, 1.165) is 41.5 Å². The number of likely N-dealkylation sites (tertiary alicyclic amines) is 1. The highest BCUT2D eigenvalue weighted by Crippen LogP contribution is 2.34. The number of piperidine rings is 1. The van der Waals surface area contributed by atoms with Gasteiger partial charge in [-0.2, -0.15) is 0 Å². The Labute approximate surface area is 191 Å². The van der Waals surface area contributed by atoms with Crippen molar-refractivity contribution in [3.63, 3.8) is 0 Å². The molecule has 0 saturated carbocycles. The molecule has 8 heteroatoms. The van der Waals surface area contributed by atoms with Gasteiger partial charge in [-0.05, 0) is 81.2 Å². The largest absolute Gasteiger partial charge is 0.349 e. The average molecular weight is 504 g/mol. The van der Waals surface area contributed by atoms with Crippen molar-refractivity contribution in [1.29, 1.82) is 0 Å². The molecular formula is C23H26BrN3O3S. The molecule has 3 aromatic rings. The van der Waals surface area contributed by atoms with E-state index in [1.54, 1.807) is 24.3 Å². The molecule has 1 saturated heterocycles. The summed E-state index contributed by atoms with van der Waals surface area (Å²) in [5.41, 5.74) is 2.39. The number of aromatic nitrogens is 1. The summed E-state index contributed by atoms with van der Waals surface area (Å²) < 4.78 is 28.2. The number of sulfone groups is 1. The van der Waals surface area contributed by atoms with Gasteiger partial charge >= 0.3 is 0 Å². The van der Waals surface area contributed by atoms with Gasteiger partial charge in [-0.1, -0.05) is 28.4 Å². The molecule has 1 aliphatic heterocycles. The fourth-order valence-corrected chi connectivity index (χ4v) is 6.32. The lowest BCUT2D eigenvalue weighted by Crippen LogP contribution is -2.40. The van der Waals surface area contributed by atoms with Crippen molar-refractivity contribution in [2.24, 2.45) is 0 Å². The summed E-state index contributed by atoms with van der Waals surface area (Å²) in [6, 6.07) is 10.6. The Kier molecular flexibility index (Phi) is 6.23. The van der Waals surface area contributed by atoms with E-state index in [-0.39, 0.29) is 15.5 Å². The monoisotopic (exact) mass is 503 g/mol. The second-order valence-corrected chi connectivity index (χ2v) is 11.0. The van der Waals surface area contributed by atoms with E-state index in [2.05, 4.69) is 31.1 Å². The summed E-state index contributed by atoms with van der Waals surface area (Å²) in [5, 5.41) is 3.41. The van der Waals surface area contributed by atoms with Crippen LogP contribution in [0.4, 0.5) is 0 Å². The number of benzene rings is 2. The summed E-state index contributed by atoms with van der Waals surface area (Å²) >= 11 is 3.43. The van der Waals surface area contributed by atoms with Crippen LogP contribution >= 0.6 is 15.9 Å².